The number of esters is 1. The second-order valence-corrected chi connectivity index (χ2v) is 6.52. The summed E-state index contributed by atoms with van der Waals surface area (Å²) in [5, 5.41) is 9.56. The molecule has 1 aliphatic heterocycles. The van der Waals surface area contributed by atoms with E-state index in [0.29, 0.717) is 23.3 Å². The number of nitrogens with two attached hydrogens (primary N) is 2. The number of aliphatic hydroxyl groups excluding tert-OH is 1. The first-order chi connectivity index (χ1) is 11.9. The molecule has 1 fully saturated rings. The minimum Gasteiger partial charge on any atom is -0.458 e. The lowest BCUT2D eigenvalue weighted by Gasteiger charge is -2.20. The molecule has 0 bridgehead atoms. The Hall–Kier alpha value is -2.23. The van der Waals surface area contributed by atoms with Crippen molar-refractivity contribution in [2.24, 2.45) is 11.7 Å². The molecule has 3 heterocycles. The molecule has 2 aromatic rings. The highest BCUT2D eigenvalue weighted by atomic mass is 16.6. The number of aliphatic hydroxyl groups is 1. The van der Waals surface area contributed by atoms with Crippen molar-refractivity contribution in [1.82, 2.24) is 14.5 Å². The van der Waals surface area contributed by atoms with Crippen LogP contribution in [0.15, 0.2) is 18.6 Å². The third kappa shape index (κ3) is 3.30. The second-order valence-electron chi connectivity index (χ2n) is 6.52. The average molecular weight is 349 g/mol. The zero-order valence-corrected chi connectivity index (χ0v) is 14.2. The van der Waals surface area contributed by atoms with Gasteiger partial charge in [-0.1, -0.05) is 13.8 Å². The van der Waals surface area contributed by atoms with E-state index in [4.69, 9.17) is 20.9 Å². The smallest absolute Gasteiger partial charge is 0.323 e. The number of carbonyl (C=O) groups excluding carboxylic acids is 1. The number of nitrogens with zero attached hydrogens (tertiary/aromatic N) is 3. The number of hydrogen-bond donors (Lipinski definition) is 3. The molecule has 3 rings (SSSR count). The maximum atomic E-state index is 12.1. The van der Waals surface area contributed by atoms with Gasteiger partial charge in [-0.2, -0.15) is 0 Å². The van der Waals surface area contributed by atoms with Gasteiger partial charge in [0.25, 0.3) is 0 Å². The van der Waals surface area contributed by atoms with Crippen molar-refractivity contribution in [3.8, 4) is 0 Å². The summed E-state index contributed by atoms with van der Waals surface area (Å²) in [6.07, 6.45) is 1.84. The summed E-state index contributed by atoms with van der Waals surface area (Å²) in [7, 11) is 0. The predicted molar refractivity (Wildman–Crippen MR) is 90.2 cm³/mol. The molecule has 0 aromatic carbocycles. The average Bonchev–Trinajstić information content (AvgIpc) is 3.18. The molecule has 1 saturated heterocycles. The molecular weight excluding hydrogens is 326 g/mol. The van der Waals surface area contributed by atoms with Crippen LogP contribution in [-0.4, -0.2) is 50.5 Å². The van der Waals surface area contributed by atoms with Gasteiger partial charge in [0, 0.05) is 12.6 Å². The Balaban J connectivity index is 1.79. The van der Waals surface area contributed by atoms with Crippen molar-refractivity contribution in [3.63, 3.8) is 0 Å². The lowest BCUT2D eigenvalue weighted by Crippen LogP contribution is -2.41. The number of hydrogen-bond acceptors (Lipinski definition) is 8. The van der Waals surface area contributed by atoms with Gasteiger partial charge in [-0.05, 0) is 12.0 Å². The van der Waals surface area contributed by atoms with Crippen LogP contribution in [0.25, 0.3) is 11.2 Å². The Labute approximate surface area is 144 Å². The molecule has 4 atom stereocenters. The monoisotopic (exact) mass is 349 g/mol. The molecule has 0 radical (unpaired) electrons. The van der Waals surface area contributed by atoms with Crippen LogP contribution in [0.3, 0.4) is 0 Å². The van der Waals surface area contributed by atoms with E-state index in [-0.39, 0.29) is 12.5 Å². The first kappa shape index (κ1) is 17.6. The van der Waals surface area contributed by atoms with Crippen molar-refractivity contribution >= 4 is 22.8 Å². The summed E-state index contributed by atoms with van der Waals surface area (Å²) in [6, 6.07) is 0.956. The van der Waals surface area contributed by atoms with Crippen LogP contribution in [0.4, 0.5) is 5.69 Å². The normalized spacial score (nSPS) is 24.8. The molecular formula is C16H23N5O4. The lowest BCUT2D eigenvalue weighted by molar-refractivity contribution is -0.155. The van der Waals surface area contributed by atoms with Crippen LogP contribution >= 0.6 is 0 Å². The van der Waals surface area contributed by atoms with Gasteiger partial charge in [-0.3, -0.25) is 9.36 Å². The Kier molecular flexibility index (Phi) is 4.89. The number of rotatable bonds is 5. The predicted octanol–water partition coefficient (Wildman–Crippen LogP) is 0.188. The molecule has 9 nitrogen and oxygen atoms in total. The van der Waals surface area contributed by atoms with Gasteiger partial charge in [0.05, 0.1) is 18.6 Å². The van der Waals surface area contributed by atoms with E-state index in [9.17, 15) is 9.90 Å². The van der Waals surface area contributed by atoms with Gasteiger partial charge >= 0.3 is 5.97 Å². The fraction of sp³-hybridized carbons (Fsp3) is 0.562. The Bertz CT molecular complexity index is 762. The molecule has 2 aromatic heterocycles. The SMILES string of the molecule is CC(C)[C@H](N)C(=O)OC1C[C@H](n2cnc3c(N)ccnc32)O[C@@H]1CO. The molecule has 5 N–H and O–H groups in total. The van der Waals surface area contributed by atoms with E-state index < -0.39 is 30.4 Å². The first-order valence-electron chi connectivity index (χ1n) is 8.21. The third-order valence-electron chi connectivity index (χ3n) is 4.42. The number of anilines is 1. The van der Waals surface area contributed by atoms with E-state index in [2.05, 4.69) is 9.97 Å². The highest BCUT2D eigenvalue weighted by Gasteiger charge is 2.40. The van der Waals surface area contributed by atoms with Gasteiger partial charge in [0.1, 0.15) is 30.0 Å². The number of ether oxygens (including phenoxy) is 2. The fourth-order valence-corrected chi connectivity index (χ4v) is 2.82. The van der Waals surface area contributed by atoms with Crippen LogP contribution in [-0.2, 0) is 14.3 Å². The zero-order valence-electron chi connectivity index (χ0n) is 14.2. The summed E-state index contributed by atoms with van der Waals surface area (Å²) >= 11 is 0. The molecule has 0 amide bonds. The first-order valence-corrected chi connectivity index (χ1v) is 8.21. The molecule has 1 unspecified atom stereocenters. The second kappa shape index (κ2) is 6.95. The van der Waals surface area contributed by atoms with Crippen molar-refractivity contribution in [2.75, 3.05) is 12.3 Å². The number of pyridine rings is 1. The van der Waals surface area contributed by atoms with Crippen molar-refractivity contribution in [3.05, 3.63) is 18.6 Å². The molecule has 1 aliphatic rings. The molecule has 0 saturated carbocycles. The van der Waals surface area contributed by atoms with Crippen LogP contribution in [0.2, 0.25) is 0 Å². The summed E-state index contributed by atoms with van der Waals surface area (Å²) < 4.78 is 13.0. The Morgan fingerprint density at radius 2 is 2.28 bits per heavy atom. The van der Waals surface area contributed by atoms with Crippen LogP contribution in [0.1, 0.15) is 26.5 Å². The van der Waals surface area contributed by atoms with Gasteiger partial charge in [-0.15, -0.1) is 0 Å². The zero-order chi connectivity index (χ0) is 18.1. The van der Waals surface area contributed by atoms with Gasteiger partial charge in [0.2, 0.25) is 0 Å². The molecule has 9 heteroatoms. The lowest BCUT2D eigenvalue weighted by atomic mass is 10.1. The Morgan fingerprint density at radius 3 is 2.96 bits per heavy atom. The number of fused-ring (bicyclic) bond motifs is 1. The van der Waals surface area contributed by atoms with E-state index in [1.807, 2.05) is 13.8 Å². The number of nitrogen functional groups attached to an aromatic ring is 1. The summed E-state index contributed by atoms with van der Waals surface area (Å²) in [6.45, 7) is 3.42. The maximum Gasteiger partial charge on any atom is 0.323 e. The van der Waals surface area contributed by atoms with Crippen molar-refractivity contribution in [1.29, 1.82) is 0 Å². The molecule has 0 aliphatic carbocycles. The molecule has 136 valence electrons. The number of imidazole rings is 1. The van der Waals surface area contributed by atoms with Gasteiger partial charge < -0.3 is 26.0 Å². The fourth-order valence-electron chi connectivity index (χ4n) is 2.82. The van der Waals surface area contributed by atoms with E-state index in [0.717, 1.165) is 0 Å². The molecule has 25 heavy (non-hydrogen) atoms. The van der Waals surface area contributed by atoms with E-state index >= 15 is 0 Å². The minimum absolute atomic E-state index is 0.0389. The van der Waals surface area contributed by atoms with E-state index in [1.54, 1.807) is 23.2 Å². The van der Waals surface area contributed by atoms with Crippen LogP contribution < -0.4 is 11.5 Å². The molecule has 0 spiro atoms. The highest BCUT2D eigenvalue weighted by Crippen LogP contribution is 2.33. The van der Waals surface area contributed by atoms with Crippen molar-refractivity contribution in [2.45, 2.75) is 44.7 Å². The Morgan fingerprint density at radius 1 is 1.52 bits per heavy atom. The standard InChI is InChI=1S/C16H23N5O4/c1-8(2)13(18)16(23)25-10-5-12(24-11(10)6-22)21-7-20-14-9(17)3-4-19-15(14)21/h3-4,7-8,10-13,22H,5-6,18H2,1-2H3,(H2,17,19)/t10?,11-,12-,13+/m1/s1. The van der Waals surface area contributed by atoms with Crippen LogP contribution in [0.5, 0.6) is 0 Å². The largest absolute Gasteiger partial charge is 0.458 e. The van der Waals surface area contributed by atoms with Crippen molar-refractivity contribution < 1.29 is 19.4 Å². The van der Waals surface area contributed by atoms with Gasteiger partial charge in [0.15, 0.2) is 5.65 Å². The maximum absolute atomic E-state index is 12.1. The summed E-state index contributed by atoms with van der Waals surface area (Å²) in [4.78, 5) is 20.7. The summed E-state index contributed by atoms with van der Waals surface area (Å²) in [5.41, 5.74) is 13.4. The van der Waals surface area contributed by atoms with E-state index in [1.165, 1.54) is 0 Å². The van der Waals surface area contributed by atoms with Crippen LogP contribution in [0, 0.1) is 5.92 Å². The third-order valence-corrected chi connectivity index (χ3v) is 4.42. The number of carbonyl (C=O) groups is 1. The highest BCUT2D eigenvalue weighted by molar-refractivity contribution is 5.83. The van der Waals surface area contributed by atoms with Gasteiger partial charge in [-0.25, -0.2) is 9.97 Å². The number of aromatic nitrogens is 3. The minimum atomic E-state index is -0.714. The topological polar surface area (TPSA) is 139 Å². The summed E-state index contributed by atoms with van der Waals surface area (Å²) in [5.74, 6) is -0.538. The quantitative estimate of drug-likeness (QED) is 0.650.